The summed E-state index contributed by atoms with van der Waals surface area (Å²) in [4.78, 5) is 39.4. The largest absolute Gasteiger partial charge is 0.370 e. The number of hydrogen-bond acceptors (Lipinski definition) is 6. The van der Waals surface area contributed by atoms with Crippen LogP contribution in [0.3, 0.4) is 0 Å². The molecule has 0 spiro atoms. The number of nitrogens with zero attached hydrogens (tertiary/aromatic N) is 3. The van der Waals surface area contributed by atoms with E-state index in [-0.39, 0.29) is 11.6 Å². The lowest BCUT2D eigenvalue weighted by Gasteiger charge is -2.30. The first-order valence-corrected chi connectivity index (χ1v) is 23.0. The van der Waals surface area contributed by atoms with E-state index in [1.807, 2.05) is 12.4 Å². The summed E-state index contributed by atoms with van der Waals surface area (Å²) in [7, 11) is 0. The summed E-state index contributed by atoms with van der Waals surface area (Å²) in [5, 5.41) is 0.934. The minimum absolute atomic E-state index is 0.0658. The summed E-state index contributed by atoms with van der Waals surface area (Å²) < 4.78 is 6.12. The van der Waals surface area contributed by atoms with Gasteiger partial charge in [0.25, 0.3) is 6.29 Å². The van der Waals surface area contributed by atoms with Gasteiger partial charge < -0.3 is 4.90 Å². The van der Waals surface area contributed by atoms with E-state index in [2.05, 4.69) is 44.5 Å². The third kappa shape index (κ3) is 16.1. The SMILES string of the molecule is CCCCCCCCC(C=[O+]c1ccc(C2C(=O)C(c3cnc(N(CC)CC(CCCCCC)CCCCCCCC)s3)C2=O)nc1)CCCCCC. The lowest BCUT2D eigenvalue weighted by atomic mass is 9.69. The number of carbonyl (C=O) groups is 2. The van der Waals surface area contributed by atoms with E-state index >= 15 is 0 Å². The standard InChI is InChI=1S/C46H76N3O3S/c1-6-11-15-19-21-25-28-37(27-23-17-13-8-3)35-49(10-5)46-48-34-41(53-46)43-44(50)42(45(43)51)40-32-31-39(33-47-40)52-36-38(29-24-18-14-9-4)30-26-22-20-16-12-7-2/h31-34,36-38,42-43H,6-30,35H2,1-5H3/q+1. The van der Waals surface area contributed by atoms with E-state index in [0.717, 1.165) is 35.9 Å². The number of aldehydes is 1. The van der Waals surface area contributed by atoms with Gasteiger partial charge in [-0.25, -0.2) is 9.41 Å². The molecule has 2 unspecified atom stereocenters. The van der Waals surface area contributed by atoms with E-state index in [4.69, 9.17) is 9.41 Å². The van der Waals surface area contributed by atoms with Crippen LogP contribution in [0.4, 0.5) is 5.13 Å². The van der Waals surface area contributed by atoms with Crippen LogP contribution in [0.5, 0.6) is 5.75 Å². The van der Waals surface area contributed by atoms with E-state index in [9.17, 15) is 9.59 Å². The quantitative estimate of drug-likeness (QED) is 0.0322. The first kappa shape index (κ1) is 45.0. The molecule has 3 rings (SSSR count). The maximum Gasteiger partial charge on any atom is 0.370 e. The van der Waals surface area contributed by atoms with E-state index in [1.165, 1.54) is 153 Å². The highest BCUT2D eigenvalue weighted by Crippen LogP contribution is 2.43. The Morgan fingerprint density at radius 3 is 1.66 bits per heavy atom. The molecule has 53 heavy (non-hydrogen) atoms. The van der Waals surface area contributed by atoms with Crippen LogP contribution in [-0.4, -0.2) is 40.9 Å². The fourth-order valence-electron chi connectivity index (χ4n) is 7.81. The monoisotopic (exact) mass is 751 g/mol. The highest BCUT2D eigenvalue weighted by molar-refractivity contribution is 7.16. The molecular formula is C46H76N3O3S+. The predicted octanol–water partition coefficient (Wildman–Crippen LogP) is 13.5. The van der Waals surface area contributed by atoms with E-state index < -0.39 is 11.8 Å². The zero-order valence-corrected chi connectivity index (χ0v) is 35.4. The van der Waals surface area contributed by atoms with Gasteiger partial charge in [0.15, 0.2) is 16.7 Å². The minimum atomic E-state index is -0.797. The Labute approximate surface area is 328 Å². The zero-order valence-electron chi connectivity index (χ0n) is 34.6. The van der Waals surface area contributed by atoms with Crippen molar-refractivity contribution in [2.24, 2.45) is 11.8 Å². The lowest BCUT2D eigenvalue weighted by molar-refractivity contribution is -0.363. The van der Waals surface area contributed by atoms with Crippen LogP contribution in [0.25, 0.3) is 0 Å². The summed E-state index contributed by atoms with van der Waals surface area (Å²) in [5.74, 6) is 0.0902. The van der Waals surface area contributed by atoms with Gasteiger partial charge in [-0.05, 0) is 44.6 Å². The molecule has 298 valence electrons. The van der Waals surface area contributed by atoms with Gasteiger partial charge in [0, 0.05) is 30.2 Å². The molecule has 2 aromatic heterocycles. The molecule has 2 aromatic rings. The summed E-state index contributed by atoms with van der Waals surface area (Å²) in [5.41, 5.74) is 0.521. The molecule has 0 bridgehead atoms. The summed E-state index contributed by atoms with van der Waals surface area (Å²) in [6.07, 6.45) is 36.3. The van der Waals surface area contributed by atoms with Gasteiger partial charge in [-0.15, -0.1) is 11.3 Å². The number of rotatable bonds is 32. The molecule has 1 aliphatic rings. The number of pyridine rings is 1. The Bertz CT molecular complexity index is 1280. The third-order valence-corrected chi connectivity index (χ3v) is 12.4. The van der Waals surface area contributed by atoms with Crippen molar-refractivity contribution in [3.05, 3.63) is 35.1 Å². The van der Waals surface area contributed by atoms with Gasteiger partial charge in [-0.1, -0.05) is 156 Å². The van der Waals surface area contributed by atoms with Gasteiger partial charge in [-0.2, -0.15) is 0 Å². The zero-order chi connectivity index (χ0) is 38.1. The average molecular weight is 751 g/mol. The molecular weight excluding hydrogens is 675 g/mol. The van der Waals surface area contributed by atoms with Crippen molar-refractivity contribution >= 4 is 34.3 Å². The molecule has 0 radical (unpaired) electrons. The molecule has 0 N–H and O–H groups in total. The second-order valence-corrected chi connectivity index (χ2v) is 16.9. The molecule has 1 fully saturated rings. The van der Waals surface area contributed by atoms with Crippen LogP contribution < -0.4 is 4.90 Å². The molecule has 2 heterocycles. The van der Waals surface area contributed by atoms with Crippen LogP contribution in [0, 0.1) is 11.8 Å². The first-order chi connectivity index (χ1) is 26.0. The van der Waals surface area contributed by atoms with Gasteiger partial charge in [0.1, 0.15) is 18.0 Å². The van der Waals surface area contributed by atoms with Crippen LogP contribution >= 0.6 is 11.3 Å². The Morgan fingerprint density at radius 1 is 0.642 bits per heavy atom. The Hall–Kier alpha value is -2.41. The maximum atomic E-state index is 13.5. The van der Waals surface area contributed by atoms with Gasteiger partial charge in [0.05, 0.1) is 11.6 Å². The van der Waals surface area contributed by atoms with Crippen LogP contribution in [0.2, 0.25) is 0 Å². The van der Waals surface area contributed by atoms with E-state index in [1.54, 1.807) is 18.5 Å². The van der Waals surface area contributed by atoms with Crippen LogP contribution in [-0.2, 0) is 14.0 Å². The fourth-order valence-corrected chi connectivity index (χ4v) is 8.91. The molecule has 1 aliphatic carbocycles. The molecule has 6 nitrogen and oxygen atoms in total. The number of ketones is 2. The second kappa shape index (κ2) is 27.2. The van der Waals surface area contributed by atoms with Crippen molar-refractivity contribution in [3.63, 3.8) is 0 Å². The minimum Gasteiger partial charge on any atom is -0.348 e. The smallest absolute Gasteiger partial charge is 0.348 e. The molecule has 7 heteroatoms. The highest BCUT2D eigenvalue weighted by Gasteiger charge is 2.52. The molecule has 1 saturated carbocycles. The highest BCUT2D eigenvalue weighted by atomic mass is 32.1. The van der Waals surface area contributed by atoms with E-state index in [0.29, 0.717) is 23.3 Å². The second-order valence-electron chi connectivity index (χ2n) is 15.9. The Kier molecular flexibility index (Phi) is 23.1. The number of anilines is 1. The Balaban J connectivity index is 1.57. The lowest BCUT2D eigenvalue weighted by Crippen LogP contribution is -2.44. The number of carbonyl (C=O) groups excluding carboxylic acids is 3. The van der Waals surface area contributed by atoms with Crippen LogP contribution in [0.1, 0.15) is 211 Å². The molecule has 0 amide bonds. The van der Waals surface area contributed by atoms with Gasteiger partial charge in [0.2, 0.25) is 0 Å². The van der Waals surface area contributed by atoms with Gasteiger partial charge in [-0.3, -0.25) is 14.6 Å². The first-order valence-electron chi connectivity index (χ1n) is 22.2. The molecule has 2 atom stereocenters. The maximum absolute atomic E-state index is 13.5. The van der Waals surface area contributed by atoms with Crippen molar-refractivity contribution in [3.8, 4) is 5.75 Å². The molecule has 0 saturated heterocycles. The number of aromatic nitrogens is 2. The van der Waals surface area contributed by atoms with Crippen molar-refractivity contribution in [1.29, 1.82) is 0 Å². The van der Waals surface area contributed by atoms with Crippen molar-refractivity contribution < 1.29 is 14.0 Å². The number of unbranched alkanes of at least 4 members (excludes halogenated alkanes) is 16. The van der Waals surface area contributed by atoms with Crippen molar-refractivity contribution in [2.75, 3.05) is 18.0 Å². The topological polar surface area (TPSA) is 74.5 Å². The summed E-state index contributed by atoms with van der Waals surface area (Å²) in [6.45, 7) is 13.1. The fraction of sp³-hybridized carbons (Fsp3) is 0.761. The van der Waals surface area contributed by atoms with Crippen LogP contribution in [0.15, 0.2) is 24.5 Å². The molecule has 0 aliphatic heterocycles. The average Bonchev–Trinajstić information content (AvgIpc) is 3.64. The third-order valence-electron chi connectivity index (χ3n) is 11.3. The predicted molar refractivity (Wildman–Crippen MR) is 226 cm³/mol. The van der Waals surface area contributed by atoms with Crippen molar-refractivity contribution in [2.45, 2.75) is 201 Å². The number of thiazole rings is 1. The number of hydrogen-bond donors (Lipinski definition) is 0. The van der Waals surface area contributed by atoms with Crippen molar-refractivity contribution in [1.82, 2.24) is 9.97 Å². The summed E-state index contributed by atoms with van der Waals surface area (Å²) >= 11 is 1.52. The number of Topliss-reactive ketones (excluding diaryl/α,β-unsaturated/α-hetero) is 2. The molecule has 0 aromatic carbocycles. The normalized spacial score (nSPS) is 17.1. The van der Waals surface area contributed by atoms with Gasteiger partial charge >= 0.3 is 5.75 Å². The summed E-state index contributed by atoms with van der Waals surface area (Å²) in [6, 6.07) is 3.66. The Morgan fingerprint density at radius 2 is 1.15 bits per heavy atom.